The van der Waals surface area contributed by atoms with Gasteiger partial charge in [0.2, 0.25) is 0 Å². The molecule has 4 rings (SSSR count). The Morgan fingerprint density at radius 2 is 1.60 bits per heavy atom. The van der Waals surface area contributed by atoms with Crippen molar-refractivity contribution in [1.29, 1.82) is 5.41 Å². The van der Waals surface area contributed by atoms with E-state index in [1.165, 1.54) is 7.11 Å². The maximum absolute atomic E-state index is 13.5. The molecule has 1 amide bonds. The average molecular weight is 578 g/mol. The first-order valence-corrected chi connectivity index (χ1v) is 13.7. The highest BCUT2D eigenvalue weighted by Crippen LogP contribution is 2.33. The van der Waals surface area contributed by atoms with E-state index in [9.17, 15) is 9.59 Å². The zero-order valence-corrected chi connectivity index (χ0v) is 24.4. The smallest absolute Gasteiger partial charge is 0.311 e. The molecule has 43 heavy (non-hydrogen) atoms. The fourth-order valence-corrected chi connectivity index (χ4v) is 4.76. The summed E-state index contributed by atoms with van der Waals surface area (Å²) in [5.41, 5.74) is 10.1. The first-order valence-electron chi connectivity index (χ1n) is 13.7. The van der Waals surface area contributed by atoms with Gasteiger partial charge in [0.15, 0.2) is 0 Å². The third-order valence-corrected chi connectivity index (χ3v) is 7.09. The lowest BCUT2D eigenvalue weighted by Gasteiger charge is -2.24. The molecule has 8 nitrogen and oxygen atoms in total. The molecule has 0 saturated heterocycles. The molecule has 4 aromatic carbocycles. The minimum absolute atomic E-state index is 0.0685. The van der Waals surface area contributed by atoms with E-state index in [1.54, 1.807) is 56.7 Å². The number of carbonyl (C=O) groups is 2. The largest absolute Gasteiger partial charge is 0.497 e. The number of benzene rings is 4. The number of rotatable bonds is 12. The summed E-state index contributed by atoms with van der Waals surface area (Å²) < 4.78 is 16.0. The minimum Gasteiger partial charge on any atom is -0.497 e. The third-order valence-electron chi connectivity index (χ3n) is 7.09. The van der Waals surface area contributed by atoms with E-state index in [4.69, 9.17) is 25.4 Å². The van der Waals surface area contributed by atoms with E-state index in [2.05, 4.69) is 5.32 Å². The van der Waals surface area contributed by atoms with Crippen LogP contribution in [-0.4, -0.2) is 45.1 Å². The molecule has 2 atom stereocenters. The van der Waals surface area contributed by atoms with Crippen LogP contribution in [0.3, 0.4) is 0 Å². The van der Waals surface area contributed by atoms with Gasteiger partial charge in [-0.2, -0.15) is 0 Å². The van der Waals surface area contributed by atoms with Gasteiger partial charge in [-0.1, -0.05) is 72.8 Å². The highest BCUT2D eigenvalue weighted by atomic mass is 16.5. The van der Waals surface area contributed by atoms with E-state index < -0.39 is 17.9 Å². The molecule has 0 aliphatic rings. The summed E-state index contributed by atoms with van der Waals surface area (Å²) in [5.74, 6) is -0.308. The molecule has 0 bridgehead atoms. The lowest BCUT2D eigenvalue weighted by molar-refractivity contribution is -0.145. The SMILES string of the molecule is COC(=O)[C@@H](Cc1cccc(C(=N)N)c1)[C@H](/C=C/c1ccccc1)NC(=O)c1ccc(-c2ccc(OC)cc2OC)cc1. The zero-order valence-electron chi connectivity index (χ0n) is 24.4. The van der Waals surface area contributed by atoms with Crippen molar-refractivity contribution in [2.24, 2.45) is 11.7 Å². The molecule has 220 valence electrons. The van der Waals surface area contributed by atoms with Gasteiger partial charge in [-0.15, -0.1) is 0 Å². The van der Waals surface area contributed by atoms with Crippen molar-refractivity contribution in [3.63, 3.8) is 0 Å². The van der Waals surface area contributed by atoms with Crippen molar-refractivity contribution in [3.05, 3.63) is 125 Å². The van der Waals surface area contributed by atoms with Crippen molar-refractivity contribution in [2.45, 2.75) is 12.5 Å². The Balaban J connectivity index is 1.63. The Kier molecular flexibility index (Phi) is 10.3. The van der Waals surface area contributed by atoms with Crippen molar-refractivity contribution in [1.82, 2.24) is 5.32 Å². The quantitative estimate of drug-likeness (QED) is 0.116. The van der Waals surface area contributed by atoms with Crippen molar-refractivity contribution in [2.75, 3.05) is 21.3 Å². The number of amides is 1. The fraction of sp³-hybridized carbons (Fsp3) is 0.171. The van der Waals surface area contributed by atoms with Gasteiger partial charge in [0.25, 0.3) is 5.91 Å². The van der Waals surface area contributed by atoms with Gasteiger partial charge >= 0.3 is 5.97 Å². The molecule has 4 N–H and O–H groups in total. The number of nitrogens with two attached hydrogens (primary N) is 1. The molecule has 0 aliphatic heterocycles. The van der Waals surface area contributed by atoms with E-state index in [0.29, 0.717) is 22.6 Å². The van der Waals surface area contributed by atoms with E-state index >= 15 is 0 Å². The molecule has 8 heteroatoms. The predicted molar refractivity (Wildman–Crippen MR) is 168 cm³/mol. The van der Waals surface area contributed by atoms with Crippen LogP contribution in [0.15, 0.2) is 103 Å². The molecule has 0 aromatic heterocycles. The van der Waals surface area contributed by atoms with Crippen molar-refractivity contribution < 1.29 is 23.8 Å². The highest BCUT2D eigenvalue weighted by molar-refractivity contribution is 5.96. The Labute approximate surface area is 251 Å². The van der Waals surface area contributed by atoms with Crippen LogP contribution in [0.2, 0.25) is 0 Å². The number of esters is 1. The molecular weight excluding hydrogens is 542 g/mol. The Morgan fingerprint density at radius 3 is 2.26 bits per heavy atom. The molecule has 0 saturated carbocycles. The number of hydrogen-bond acceptors (Lipinski definition) is 6. The van der Waals surface area contributed by atoms with Crippen LogP contribution in [-0.2, 0) is 16.0 Å². The van der Waals surface area contributed by atoms with E-state index in [0.717, 1.165) is 22.3 Å². The number of hydrogen-bond donors (Lipinski definition) is 3. The number of nitrogens with one attached hydrogen (secondary N) is 2. The van der Waals surface area contributed by atoms with Crippen LogP contribution >= 0.6 is 0 Å². The lowest BCUT2D eigenvalue weighted by Crippen LogP contribution is -2.43. The van der Waals surface area contributed by atoms with Crippen LogP contribution in [0.5, 0.6) is 11.5 Å². The van der Waals surface area contributed by atoms with Crippen molar-refractivity contribution >= 4 is 23.8 Å². The first-order chi connectivity index (χ1) is 20.8. The maximum atomic E-state index is 13.5. The van der Waals surface area contributed by atoms with Crippen LogP contribution in [0.25, 0.3) is 17.2 Å². The second kappa shape index (κ2) is 14.5. The topological polar surface area (TPSA) is 124 Å². The summed E-state index contributed by atoms with van der Waals surface area (Å²) >= 11 is 0. The highest BCUT2D eigenvalue weighted by Gasteiger charge is 2.30. The Morgan fingerprint density at radius 1 is 0.860 bits per heavy atom. The maximum Gasteiger partial charge on any atom is 0.311 e. The molecule has 0 radical (unpaired) electrons. The van der Waals surface area contributed by atoms with Crippen LogP contribution in [0, 0.1) is 11.3 Å². The monoisotopic (exact) mass is 577 g/mol. The summed E-state index contributed by atoms with van der Waals surface area (Å²) in [6.45, 7) is 0. The van der Waals surface area contributed by atoms with Crippen LogP contribution < -0.4 is 20.5 Å². The fourth-order valence-electron chi connectivity index (χ4n) is 4.76. The number of ether oxygens (including phenoxy) is 3. The van der Waals surface area contributed by atoms with Gasteiger partial charge in [0.1, 0.15) is 17.3 Å². The van der Waals surface area contributed by atoms with Gasteiger partial charge in [0.05, 0.1) is 33.3 Å². The van der Waals surface area contributed by atoms with Gasteiger partial charge in [0, 0.05) is 22.8 Å². The standard InChI is InChI=1S/C35H35N3O5/c1-41-28-17-18-29(32(22-28)42-2)25-13-15-26(16-14-25)34(39)38-31(19-12-23-8-5-4-6-9-23)30(35(40)43-3)21-24-10-7-11-27(20-24)33(36)37/h4-20,22,30-31H,21H2,1-3H3,(H3,36,37)(H,38,39)/b19-12+/t30-,31-/m0/s1. The lowest BCUT2D eigenvalue weighted by atomic mass is 9.90. The Hall–Kier alpha value is -5.37. The molecular formula is C35H35N3O5. The summed E-state index contributed by atoms with van der Waals surface area (Å²) in [6.07, 6.45) is 3.93. The number of nitrogen functional groups attached to an aromatic ring is 1. The predicted octanol–water partition coefficient (Wildman–Crippen LogP) is 5.50. The summed E-state index contributed by atoms with van der Waals surface area (Å²) in [7, 11) is 4.52. The van der Waals surface area contributed by atoms with Crippen LogP contribution in [0.4, 0.5) is 0 Å². The molecule has 0 fully saturated rings. The normalized spacial score (nSPS) is 12.3. The summed E-state index contributed by atoms with van der Waals surface area (Å²) in [6, 6.07) is 28.8. The molecule has 4 aromatic rings. The minimum atomic E-state index is -0.751. The van der Waals surface area contributed by atoms with Gasteiger partial charge < -0.3 is 25.3 Å². The average Bonchev–Trinajstić information content (AvgIpc) is 3.05. The van der Waals surface area contributed by atoms with E-state index in [-0.39, 0.29) is 18.2 Å². The summed E-state index contributed by atoms with van der Waals surface area (Å²) in [4.78, 5) is 26.7. The number of carbonyl (C=O) groups excluding carboxylic acids is 2. The molecule has 0 unspecified atom stereocenters. The van der Waals surface area contributed by atoms with E-state index in [1.807, 2.05) is 66.7 Å². The van der Waals surface area contributed by atoms with Crippen LogP contribution in [0.1, 0.15) is 27.0 Å². The van der Waals surface area contributed by atoms with Gasteiger partial charge in [-0.25, -0.2) is 0 Å². The molecule has 0 spiro atoms. The second-order valence-electron chi connectivity index (χ2n) is 9.86. The summed E-state index contributed by atoms with van der Waals surface area (Å²) in [5, 5.41) is 10.8. The van der Waals surface area contributed by atoms with Gasteiger partial charge in [-0.05, 0) is 53.4 Å². The zero-order chi connectivity index (χ0) is 30.8. The Bertz CT molecular complexity index is 1600. The first kappa shape index (κ1) is 30.6. The number of methoxy groups -OCH3 is 3. The number of amidine groups is 1. The third kappa shape index (κ3) is 7.89. The molecule has 0 aliphatic carbocycles. The van der Waals surface area contributed by atoms with Gasteiger partial charge in [-0.3, -0.25) is 15.0 Å². The molecule has 0 heterocycles. The van der Waals surface area contributed by atoms with Crippen molar-refractivity contribution in [3.8, 4) is 22.6 Å². The second-order valence-corrected chi connectivity index (χ2v) is 9.86.